The van der Waals surface area contributed by atoms with Gasteiger partial charge >= 0.3 is 0 Å². The number of Topliss-reactive ketones (excluding diaryl/α,β-unsaturated/α-hetero) is 1. The van der Waals surface area contributed by atoms with E-state index in [1.165, 1.54) is 6.92 Å². The number of carbonyl (C=O) groups is 2. The van der Waals surface area contributed by atoms with Crippen LogP contribution in [0.4, 0.5) is 5.69 Å². The third-order valence-electron chi connectivity index (χ3n) is 3.41. The molecule has 0 bridgehead atoms. The van der Waals surface area contributed by atoms with Crippen molar-refractivity contribution in [1.29, 1.82) is 0 Å². The van der Waals surface area contributed by atoms with Crippen molar-refractivity contribution in [2.75, 3.05) is 5.32 Å². The molecule has 4 heteroatoms. The zero-order chi connectivity index (χ0) is 15.5. The van der Waals surface area contributed by atoms with Crippen molar-refractivity contribution >= 4 is 28.3 Å². The summed E-state index contributed by atoms with van der Waals surface area (Å²) in [6.07, 6.45) is 1.73. The highest BCUT2D eigenvalue weighted by atomic mass is 16.1. The lowest BCUT2D eigenvalue weighted by atomic mass is 10.1. The molecule has 1 heterocycles. The first-order chi connectivity index (χ1) is 10.6. The molecule has 3 aromatic rings. The molecule has 4 nitrogen and oxygen atoms in total. The highest BCUT2D eigenvalue weighted by Crippen LogP contribution is 2.18. The second kappa shape index (κ2) is 5.77. The van der Waals surface area contributed by atoms with Crippen LogP contribution in [0, 0.1) is 0 Å². The number of pyridine rings is 1. The zero-order valence-electron chi connectivity index (χ0n) is 12.0. The molecule has 0 unspecified atom stereocenters. The van der Waals surface area contributed by atoms with Crippen LogP contribution in [0.5, 0.6) is 0 Å². The Morgan fingerprint density at radius 2 is 1.68 bits per heavy atom. The smallest absolute Gasteiger partial charge is 0.255 e. The summed E-state index contributed by atoms with van der Waals surface area (Å²) in [6.45, 7) is 1.50. The van der Waals surface area contributed by atoms with Crippen molar-refractivity contribution in [1.82, 2.24) is 4.98 Å². The third-order valence-corrected chi connectivity index (χ3v) is 3.41. The van der Waals surface area contributed by atoms with E-state index < -0.39 is 0 Å². The van der Waals surface area contributed by atoms with Gasteiger partial charge in [0, 0.05) is 28.4 Å². The summed E-state index contributed by atoms with van der Waals surface area (Å²) in [5.74, 6) is -0.229. The van der Waals surface area contributed by atoms with Crippen LogP contribution in [0.15, 0.2) is 60.8 Å². The number of carbonyl (C=O) groups excluding carboxylic acids is 2. The first-order valence-electron chi connectivity index (χ1n) is 6.90. The number of benzene rings is 2. The number of nitrogens with zero attached hydrogens (tertiary/aromatic N) is 1. The Morgan fingerprint density at radius 3 is 2.41 bits per heavy atom. The molecule has 0 spiro atoms. The highest BCUT2D eigenvalue weighted by Gasteiger charge is 2.07. The average Bonchev–Trinajstić information content (AvgIpc) is 2.55. The van der Waals surface area contributed by atoms with Crippen LogP contribution in [0.1, 0.15) is 27.6 Å². The van der Waals surface area contributed by atoms with Crippen molar-refractivity contribution < 1.29 is 9.59 Å². The predicted molar refractivity (Wildman–Crippen MR) is 86.1 cm³/mol. The molecular formula is C18H14N2O2. The minimum Gasteiger partial charge on any atom is -0.322 e. The monoisotopic (exact) mass is 290 g/mol. The summed E-state index contributed by atoms with van der Waals surface area (Å²) in [6, 6.07) is 16.0. The molecule has 1 aromatic heterocycles. The molecule has 0 radical (unpaired) electrons. The second-order valence-electron chi connectivity index (χ2n) is 5.00. The van der Waals surface area contributed by atoms with E-state index in [2.05, 4.69) is 10.3 Å². The summed E-state index contributed by atoms with van der Waals surface area (Å²) in [5.41, 5.74) is 2.69. The van der Waals surface area contributed by atoms with Crippen LogP contribution in [-0.2, 0) is 0 Å². The first kappa shape index (κ1) is 13.9. The number of aromatic nitrogens is 1. The van der Waals surface area contributed by atoms with Crippen LogP contribution in [0.25, 0.3) is 10.9 Å². The van der Waals surface area contributed by atoms with E-state index in [4.69, 9.17) is 0 Å². The number of rotatable bonds is 3. The van der Waals surface area contributed by atoms with Crippen molar-refractivity contribution in [3.8, 4) is 0 Å². The molecule has 0 saturated heterocycles. The number of hydrogen-bond donors (Lipinski definition) is 1. The second-order valence-corrected chi connectivity index (χ2v) is 5.00. The van der Waals surface area contributed by atoms with Gasteiger partial charge in [-0.25, -0.2) is 0 Å². The van der Waals surface area contributed by atoms with Gasteiger partial charge in [-0.1, -0.05) is 18.2 Å². The average molecular weight is 290 g/mol. The first-order valence-corrected chi connectivity index (χ1v) is 6.90. The SMILES string of the molecule is CC(=O)c1ccc(C(=O)Nc2ccc3ncccc3c2)cc1. The number of anilines is 1. The van der Waals surface area contributed by atoms with Gasteiger partial charge in [-0.15, -0.1) is 0 Å². The quantitative estimate of drug-likeness (QED) is 0.748. The van der Waals surface area contributed by atoms with Gasteiger partial charge in [-0.05, 0) is 43.3 Å². The Labute approximate surface area is 127 Å². The molecule has 3 rings (SSSR count). The standard InChI is InChI=1S/C18H14N2O2/c1-12(21)13-4-6-14(7-5-13)18(22)20-16-8-9-17-15(11-16)3-2-10-19-17/h2-11H,1H3,(H,20,22). The number of hydrogen-bond acceptors (Lipinski definition) is 3. The topological polar surface area (TPSA) is 59.1 Å². The molecule has 0 aliphatic heterocycles. The highest BCUT2D eigenvalue weighted by molar-refractivity contribution is 6.05. The Bertz CT molecular complexity index is 854. The Morgan fingerprint density at radius 1 is 0.955 bits per heavy atom. The third kappa shape index (κ3) is 2.86. The lowest BCUT2D eigenvalue weighted by Crippen LogP contribution is -2.12. The van der Waals surface area contributed by atoms with Crippen molar-refractivity contribution in [2.45, 2.75) is 6.92 Å². The van der Waals surface area contributed by atoms with E-state index >= 15 is 0 Å². The number of amides is 1. The fourth-order valence-corrected chi connectivity index (χ4v) is 2.21. The summed E-state index contributed by atoms with van der Waals surface area (Å²) < 4.78 is 0. The van der Waals surface area contributed by atoms with Crippen LogP contribution in [0.3, 0.4) is 0 Å². The van der Waals surface area contributed by atoms with Gasteiger partial charge in [0.25, 0.3) is 5.91 Å². The fraction of sp³-hybridized carbons (Fsp3) is 0.0556. The maximum atomic E-state index is 12.2. The van der Waals surface area contributed by atoms with Gasteiger partial charge in [0.05, 0.1) is 5.52 Å². The molecule has 0 atom stereocenters. The number of fused-ring (bicyclic) bond motifs is 1. The zero-order valence-corrected chi connectivity index (χ0v) is 12.0. The Hall–Kier alpha value is -3.01. The molecule has 2 aromatic carbocycles. The molecule has 0 saturated carbocycles. The maximum absolute atomic E-state index is 12.2. The van der Waals surface area contributed by atoms with E-state index in [1.807, 2.05) is 30.3 Å². The van der Waals surface area contributed by atoms with E-state index in [0.29, 0.717) is 16.8 Å². The molecule has 1 N–H and O–H groups in total. The van der Waals surface area contributed by atoms with E-state index in [-0.39, 0.29) is 11.7 Å². The summed E-state index contributed by atoms with van der Waals surface area (Å²) in [7, 11) is 0. The Balaban J connectivity index is 1.81. The predicted octanol–water partition coefficient (Wildman–Crippen LogP) is 3.69. The van der Waals surface area contributed by atoms with E-state index in [0.717, 1.165) is 10.9 Å². The summed E-state index contributed by atoms with van der Waals surface area (Å²) in [5, 5.41) is 3.81. The van der Waals surface area contributed by atoms with Crippen LogP contribution >= 0.6 is 0 Å². The molecule has 0 fully saturated rings. The molecular weight excluding hydrogens is 276 g/mol. The van der Waals surface area contributed by atoms with Crippen LogP contribution < -0.4 is 5.32 Å². The number of nitrogens with one attached hydrogen (secondary N) is 1. The largest absolute Gasteiger partial charge is 0.322 e. The molecule has 108 valence electrons. The lowest BCUT2D eigenvalue weighted by molar-refractivity contribution is 0.101. The van der Waals surface area contributed by atoms with Gasteiger partial charge in [-0.3, -0.25) is 14.6 Å². The van der Waals surface area contributed by atoms with E-state index in [9.17, 15) is 9.59 Å². The fourth-order valence-electron chi connectivity index (χ4n) is 2.21. The van der Waals surface area contributed by atoms with Crippen LogP contribution in [-0.4, -0.2) is 16.7 Å². The maximum Gasteiger partial charge on any atom is 0.255 e. The van der Waals surface area contributed by atoms with Gasteiger partial charge in [0.1, 0.15) is 0 Å². The minimum atomic E-state index is -0.210. The minimum absolute atomic E-state index is 0.0195. The lowest BCUT2D eigenvalue weighted by Gasteiger charge is -2.07. The van der Waals surface area contributed by atoms with Crippen molar-refractivity contribution in [3.63, 3.8) is 0 Å². The molecule has 0 aliphatic carbocycles. The van der Waals surface area contributed by atoms with Gasteiger partial charge in [0.2, 0.25) is 0 Å². The molecule has 0 aliphatic rings. The summed E-state index contributed by atoms with van der Waals surface area (Å²) in [4.78, 5) is 27.7. The van der Waals surface area contributed by atoms with Crippen molar-refractivity contribution in [2.24, 2.45) is 0 Å². The molecule has 1 amide bonds. The number of ketones is 1. The van der Waals surface area contributed by atoms with Gasteiger partial charge in [-0.2, -0.15) is 0 Å². The van der Waals surface area contributed by atoms with Crippen LogP contribution in [0.2, 0.25) is 0 Å². The van der Waals surface area contributed by atoms with Crippen molar-refractivity contribution in [3.05, 3.63) is 71.9 Å². The Kier molecular flexibility index (Phi) is 3.66. The molecule has 22 heavy (non-hydrogen) atoms. The normalized spacial score (nSPS) is 10.4. The summed E-state index contributed by atoms with van der Waals surface area (Å²) >= 11 is 0. The van der Waals surface area contributed by atoms with Gasteiger partial charge < -0.3 is 5.32 Å². The van der Waals surface area contributed by atoms with Gasteiger partial charge in [0.15, 0.2) is 5.78 Å². The van der Waals surface area contributed by atoms with E-state index in [1.54, 1.807) is 30.5 Å².